The average molecular weight is 412 g/mol. The number of nitrogens with zero attached hydrogens (tertiary/aromatic N) is 2. The van der Waals surface area contributed by atoms with Crippen LogP contribution in [0.1, 0.15) is 57.9 Å². The number of hydrogen-bond acceptors (Lipinski definition) is 6. The molecule has 0 N–H and O–H groups in total. The van der Waals surface area contributed by atoms with E-state index in [1.165, 1.54) is 6.42 Å². The lowest BCUT2D eigenvalue weighted by Crippen LogP contribution is -2.50. The van der Waals surface area contributed by atoms with Gasteiger partial charge in [0.1, 0.15) is 11.5 Å². The van der Waals surface area contributed by atoms with Crippen molar-refractivity contribution in [3.8, 4) is 0 Å². The number of carbonyl (C=O) groups excluding carboxylic acids is 2. The molecule has 0 aromatic heterocycles. The van der Waals surface area contributed by atoms with Crippen LogP contribution in [0.25, 0.3) is 0 Å². The lowest BCUT2D eigenvalue weighted by atomic mass is 9.85. The first-order valence-corrected chi connectivity index (χ1v) is 10.8. The van der Waals surface area contributed by atoms with Crippen LogP contribution >= 0.6 is 0 Å². The van der Waals surface area contributed by atoms with Gasteiger partial charge in [-0.1, -0.05) is 41.9 Å². The van der Waals surface area contributed by atoms with E-state index in [2.05, 4.69) is 5.16 Å². The molecule has 160 valence electrons. The molecule has 0 radical (unpaired) electrons. The van der Waals surface area contributed by atoms with Crippen LogP contribution in [-0.4, -0.2) is 46.5 Å². The molecule has 3 heterocycles. The molecule has 1 aromatic rings. The van der Waals surface area contributed by atoms with Crippen molar-refractivity contribution in [2.75, 3.05) is 6.61 Å². The van der Waals surface area contributed by atoms with Crippen molar-refractivity contribution >= 4 is 17.4 Å². The number of hydrogen-bond donors (Lipinski definition) is 0. The molecule has 1 aromatic carbocycles. The molecule has 1 saturated carbocycles. The molecule has 3 aliphatic heterocycles. The van der Waals surface area contributed by atoms with E-state index in [-0.39, 0.29) is 24.2 Å². The number of likely N-dealkylation sites (tertiary alicyclic amines) is 1. The first-order valence-electron chi connectivity index (χ1n) is 10.8. The van der Waals surface area contributed by atoms with Crippen LogP contribution in [0.5, 0.6) is 0 Å². The fraction of sp³-hybridized carbons (Fsp3) is 0.609. The lowest BCUT2D eigenvalue weighted by Gasteiger charge is -2.32. The third kappa shape index (κ3) is 2.90. The largest absolute Gasteiger partial charge is 0.358 e. The molecule has 7 nitrogen and oxygen atoms in total. The van der Waals surface area contributed by atoms with E-state index in [1.807, 2.05) is 30.3 Å². The van der Waals surface area contributed by atoms with Gasteiger partial charge in [0.05, 0.1) is 25.3 Å². The number of carbonyl (C=O) groups is 2. The summed E-state index contributed by atoms with van der Waals surface area (Å²) >= 11 is 0. The third-order valence-electron chi connectivity index (χ3n) is 6.90. The number of rotatable bonds is 3. The maximum Gasteiger partial charge on any atom is 0.277 e. The maximum atomic E-state index is 13.4. The number of amides is 1. The third-order valence-corrected chi connectivity index (χ3v) is 6.90. The number of ketones is 1. The Labute approximate surface area is 176 Å². The van der Waals surface area contributed by atoms with Crippen molar-refractivity contribution in [2.45, 2.75) is 76.5 Å². The van der Waals surface area contributed by atoms with Gasteiger partial charge in [0, 0.05) is 12.8 Å². The fourth-order valence-corrected chi connectivity index (χ4v) is 5.13. The molecule has 2 atom stereocenters. The Balaban J connectivity index is 1.39. The molecule has 7 heteroatoms. The zero-order chi connectivity index (χ0) is 21.0. The van der Waals surface area contributed by atoms with Gasteiger partial charge >= 0.3 is 0 Å². The second-order valence-electron chi connectivity index (χ2n) is 9.35. The minimum absolute atomic E-state index is 0.220. The molecular weight excluding hydrogens is 384 g/mol. The van der Waals surface area contributed by atoms with Gasteiger partial charge in [-0.3, -0.25) is 14.5 Å². The first-order chi connectivity index (χ1) is 14.4. The molecular formula is C23H28N2O5. The Hall–Kier alpha value is -2.25. The Kier molecular flexibility index (Phi) is 4.52. The molecule has 4 aliphatic rings. The summed E-state index contributed by atoms with van der Waals surface area (Å²) in [5.41, 5.74) is -0.974. The highest BCUT2D eigenvalue weighted by Crippen LogP contribution is 2.47. The topological polar surface area (TPSA) is 77.4 Å². The predicted molar refractivity (Wildman–Crippen MR) is 108 cm³/mol. The molecule has 30 heavy (non-hydrogen) atoms. The first kappa shape index (κ1) is 19.7. The van der Waals surface area contributed by atoms with E-state index in [0.29, 0.717) is 18.9 Å². The zero-order valence-corrected chi connectivity index (χ0v) is 17.6. The number of ether oxygens (including phenoxy) is 2. The van der Waals surface area contributed by atoms with E-state index in [4.69, 9.17) is 14.3 Å². The van der Waals surface area contributed by atoms with Crippen molar-refractivity contribution in [3.63, 3.8) is 0 Å². The Morgan fingerprint density at radius 2 is 1.83 bits per heavy atom. The quantitative estimate of drug-likeness (QED) is 0.713. The fourth-order valence-electron chi connectivity index (χ4n) is 5.13. The van der Waals surface area contributed by atoms with Crippen LogP contribution in [0.3, 0.4) is 0 Å². The van der Waals surface area contributed by atoms with Crippen LogP contribution in [0.4, 0.5) is 0 Å². The molecule has 3 fully saturated rings. The predicted octanol–water partition coefficient (Wildman–Crippen LogP) is 3.17. The van der Waals surface area contributed by atoms with Gasteiger partial charge in [-0.05, 0) is 32.3 Å². The summed E-state index contributed by atoms with van der Waals surface area (Å²) in [6.07, 6.45) is 5.02. The van der Waals surface area contributed by atoms with Crippen LogP contribution < -0.4 is 0 Å². The van der Waals surface area contributed by atoms with Crippen LogP contribution in [0.15, 0.2) is 35.5 Å². The molecule has 2 saturated heterocycles. The number of oxime groups is 1. The highest BCUT2D eigenvalue weighted by molar-refractivity contribution is 6.17. The smallest absolute Gasteiger partial charge is 0.277 e. The van der Waals surface area contributed by atoms with Gasteiger partial charge in [0.25, 0.3) is 5.72 Å². The molecule has 1 amide bonds. The van der Waals surface area contributed by atoms with Crippen molar-refractivity contribution in [1.82, 2.24) is 4.90 Å². The molecule has 5 rings (SSSR count). The molecule has 0 unspecified atom stereocenters. The van der Waals surface area contributed by atoms with E-state index < -0.39 is 16.9 Å². The minimum Gasteiger partial charge on any atom is -0.358 e. The second kappa shape index (κ2) is 6.89. The van der Waals surface area contributed by atoms with Crippen LogP contribution in [0.2, 0.25) is 0 Å². The Bertz CT molecular complexity index is 890. The average Bonchev–Trinajstić information content (AvgIpc) is 3.40. The minimum atomic E-state index is -1.41. The van der Waals surface area contributed by atoms with Crippen molar-refractivity contribution in [2.24, 2.45) is 10.6 Å². The van der Waals surface area contributed by atoms with Gasteiger partial charge in [0.15, 0.2) is 5.79 Å². The summed E-state index contributed by atoms with van der Waals surface area (Å²) in [5, 5.41) is 4.27. The van der Waals surface area contributed by atoms with Crippen molar-refractivity contribution in [3.05, 3.63) is 35.9 Å². The summed E-state index contributed by atoms with van der Waals surface area (Å²) in [6.45, 7) is 4.03. The van der Waals surface area contributed by atoms with E-state index >= 15 is 0 Å². The summed E-state index contributed by atoms with van der Waals surface area (Å²) in [7, 11) is 0. The second-order valence-corrected chi connectivity index (χ2v) is 9.35. The van der Waals surface area contributed by atoms with Crippen LogP contribution in [0, 0.1) is 5.41 Å². The standard InChI is InChI=1S/C23H28N2O5/c1-21(2)19(26)23(25(20(21)27)14-16-9-5-3-6-10-16)13-17(24-30-23)18-15-28-22(29-18)11-7-4-8-12-22/h3,5-6,9-10,18H,4,7-8,11-15H2,1-2H3/t18-,23+/m1/s1. The van der Waals surface area contributed by atoms with Gasteiger partial charge in [0.2, 0.25) is 11.7 Å². The lowest BCUT2D eigenvalue weighted by molar-refractivity contribution is -0.181. The summed E-state index contributed by atoms with van der Waals surface area (Å²) < 4.78 is 12.3. The van der Waals surface area contributed by atoms with Gasteiger partial charge < -0.3 is 14.3 Å². The highest BCUT2D eigenvalue weighted by Gasteiger charge is 2.67. The molecule has 1 aliphatic carbocycles. The molecule has 0 bridgehead atoms. The van der Waals surface area contributed by atoms with Gasteiger partial charge in [-0.2, -0.15) is 0 Å². The Morgan fingerprint density at radius 1 is 1.10 bits per heavy atom. The Morgan fingerprint density at radius 3 is 2.57 bits per heavy atom. The maximum absolute atomic E-state index is 13.4. The summed E-state index contributed by atoms with van der Waals surface area (Å²) in [6, 6.07) is 9.63. The van der Waals surface area contributed by atoms with Gasteiger partial charge in [-0.25, -0.2) is 0 Å². The van der Waals surface area contributed by atoms with Gasteiger partial charge in [-0.15, -0.1) is 0 Å². The monoisotopic (exact) mass is 412 g/mol. The number of benzene rings is 1. The summed E-state index contributed by atoms with van der Waals surface area (Å²) in [4.78, 5) is 33.9. The van der Waals surface area contributed by atoms with Crippen molar-refractivity contribution < 1.29 is 23.9 Å². The van der Waals surface area contributed by atoms with Crippen LogP contribution in [-0.2, 0) is 30.4 Å². The van der Waals surface area contributed by atoms with E-state index in [1.54, 1.807) is 18.7 Å². The van der Waals surface area contributed by atoms with E-state index in [9.17, 15) is 9.59 Å². The molecule has 2 spiro atoms. The van der Waals surface area contributed by atoms with Crippen molar-refractivity contribution in [1.29, 1.82) is 0 Å². The summed E-state index contributed by atoms with van der Waals surface area (Å²) in [5.74, 6) is -1.01. The number of Topliss-reactive ketones (excluding diaryl/α,β-unsaturated/α-hetero) is 1. The normalized spacial score (nSPS) is 32.1. The highest BCUT2D eigenvalue weighted by atomic mass is 16.7. The zero-order valence-electron chi connectivity index (χ0n) is 17.6. The van der Waals surface area contributed by atoms with E-state index in [0.717, 1.165) is 31.2 Å². The SMILES string of the molecule is CC1(C)C(=O)N(Cc2ccccc2)[C@]2(CC([C@H]3COC4(CCCCC4)O3)=NO2)C1=O.